The number of carbonyl (C=O) groups is 1. The highest BCUT2D eigenvalue weighted by molar-refractivity contribution is 7.89. The Labute approximate surface area is 181 Å². The third-order valence-electron chi connectivity index (χ3n) is 5.27. The Balaban J connectivity index is 1.34. The smallest absolute Gasteiger partial charge is 0.251 e. The second-order valence-electron chi connectivity index (χ2n) is 7.24. The molecule has 1 saturated heterocycles. The molecule has 156 valence electrons. The molecule has 1 amide bonds. The van der Waals surface area contributed by atoms with Crippen molar-refractivity contribution in [3.05, 3.63) is 83.6 Å². The predicted octanol–water partition coefficient (Wildman–Crippen LogP) is 3.71. The van der Waals surface area contributed by atoms with Gasteiger partial charge in [-0.1, -0.05) is 11.6 Å². The van der Waals surface area contributed by atoms with Crippen LogP contribution in [0.15, 0.2) is 78.0 Å². The van der Waals surface area contributed by atoms with Crippen LogP contribution in [0, 0.1) is 0 Å². The molecule has 0 aliphatic carbocycles. The van der Waals surface area contributed by atoms with E-state index in [1.165, 1.54) is 16.4 Å². The van der Waals surface area contributed by atoms with Gasteiger partial charge in [-0.2, -0.15) is 4.31 Å². The number of rotatable bonds is 5. The lowest BCUT2D eigenvalue weighted by Gasteiger charge is -2.31. The molecule has 1 aromatic heterocycles. The van der Waals surface area contributed by atoms with Gasteiger partial charge in [0.15, 0.2) is 0 Å². The van der Waals surface area contributed by atoms with Crippen molar-refractivity contribution in [1.82, 2.24) is 14.2 Å². The van der Waals surface area contributed by atoms with E-state index in [4.69, 9.17) is 11.6 Å². The Morgan fingerprint density at radius 2 is 1.53 bits per heavy atom. The molecule has 8 heteroatoms. The van der Waals surface area contributed by atoms with Gasteiger partial charge in [-0.3, -0.25) is 4.79 Å². The van der Waals surface area contributed by atoms with Crippen molar-refractivity contribution >= 4 is 27.5 Å². The average Bonchev–Trinajstić information content (AvgIpc) is 3.29. The number of amides is 1. The van der Waals surface area contributed by atoms with E-state index in [1.807, 2.05) is 41.2 Å². The molecule has 0 bridgehead atoms. The lowest BCUT2D eigenvalue weighted by Crippen LogP contribution is -2.46. The van der Waals surface area contributed by atoms with Crippen LogP contribution >= 0.6 is 11.6 Å². The van der Waals surface area contributed by atoms with Gasteiger partial charge in [0.05, 0.1) is 4.90 Å². The first-order chi connectivity index (χ1) is 14.4. The van der Waals surface area contributed by atoms with Crippen LogP contribution in [0.3, 0.4) is 0 Å². The van der Waals surface area contributed by atoms with E-state index < -0.39 is 10.0 Å². The van der Waals surface area contributed by atoms with E-state index >= 15 is 0 Å². The molecule has 0 saturated carbocycles. The van der Waals surface area contributed by atoms with Gasteiger partial charge in [0, 0.05) is 47.8 Å². The fourth-order valence-electron chi connectivity index (χ4n) is 3.56. The van der Waals surface area contributed by atoms with Crippen molar-refractivity contribution in [2.45, 2.75) is 23.8 Å². The standard InChI is InChI=1S/C22H22ClN3O3S/c23-18-5-9-21(10-6-18)30(28,29)26-15-11-19(12-16-26)24-22(27)17-3-7-20(8-4-17)25-13-1-2-14-25/h1-10,13-14,19H,11-12,15-16H2,(H,24,27). The van der Waals surface area contributed by atoms with Crippen molar-refractivity contribution in [3.8, 4) is 5.69 Å². The lowest BCUT2D eigenvalue weighted by atomic mass is 10.1. The molecular weight excluding hydrogens is 422 g/mol. The molecular formula is C22H22ClN3O3S. The van der Waals surface area contributed by atoms with Crippen LogP contribution in [0.5, 0.6) is 0 Å². The number of piperidine rings is 1. The number of hydrogen-bond acceptors (Lipinski definition) is 3. The molecule has 2 heterocycles. The number of carbonyl (C=O) groups excluding carboxylic acids is 1. The third kappa shape index (κ3) is 4.43. The summed E-state index contributed by atoms with van der Waals surface area (Å²) < 4.78 is 29.0. The summed E-state index contributed by atoms with van der Waals surface area (Å²) in [5, 5.41) is 3.52. The molecule has 1 N–H and O–H groups in total. The lowest BCUT2D eigenvalue weighted by molar-refractivity contribution is 0.0924. The summed E-state index contributed by atoms with van der Waals surface area (Å²) in [5.41, 5.74) is 1.57. The zero-order valence-corrected chi connectivity index (χ0v) is 17.8. The van der Waals surface area contributed by atoms with Crippen LogP contribution in [0.1, 0.15) is 23.2 Å². The van der Waals surface area contributed by atoms with Crippen LogP contribution in [0.4, 0.5) is 0 Å². The van der Waals surface area contributed by atoms with Gasteiger partial charge in [0.25, 0.3) is 5.91 Å². The minimum Gasteiger partial charge on any atom is -0.349 e. The Hall–Kier alpha value is -2.61. The SMILES string of the molecule is O=C(NC1CCN(S(=O)(=O)c2ccc(Cl)cc2)CC1)c1ccc(-n2cccc2)cc1. The van der Waals surface area contributed by atoms with Gasteiger partial charge in [-0.05, 0) is 73.5 Å². The highest BCUT2D eigenvalue weighted by Crippen LogP contribution is 2.22. The molecule has 3 aromatic rings. The molecule has 30 heavy (non-hydrogen) atoms. The maximum absolute atomic E-state index is 12.8. The van der Waals surface area contributed by atoms with Crippen LogP contribution in [0.2, 0.25) is 5.02 Å². The summed E-state index contributed by atoms with van der Waals surface area (Å²) in [6.07, 6.45) is 5.03. The average molecular weight is 444 g/mol. The van der Waals surface area contributed by atoms with Crippen molar-refractivity contribution in [3.63, 3.8) is 0 Å². The number of nitrogens with zero attached hydrogens (tertiary/aromatic N) is 2. The normalized spacial score (nSPS) is 15.8. The molecule has 0 unspecified atom stereocenters. The molecule has 6 nitrogen and oxygen atoms in total. The zero-order valence-electron chi connectivity index (χ0n) is 16.2. The monoisotopic (exact) mass is 443 g/mol. The van der Waals surface area contributed by atoms with Gasteiger partial charge in [-0.15, -0.1) is 0 Å². The van der Waals surface area contributed by atoms with E-state index in [-0.39, 0.29) is 16.8 Å². The highest BCUT2D eigenvalue weighted by Gasteiger charge is 2.30. The summed E-state index contributed by atoms with van der Waals surface area (Å²) >= 11 is 5.85. The van der Waals surface area contributed by atoms with Crippen LogP contribution < -0.4 is 5.32 Å². The van der Waals surface area contributed by atoms with Crippen molar-refractivity contribution in [2.24, 2.45) is 0 Å². The van der Waals surface area contributed by atoms with Gasteiger partial charge < -0.3 is 9.88 Å². The number of nitrogens with one attached hydrogen (secondary N) is 1. The predicted molar refractivity (Wildman–Crippen MR) is 116 cm³/mol. The van der Waals surface area contributed by atoms with E-state index in [9.17, 15) is 13.2 Å². The fraction of sp³-hybridized carbons (Fsp3) is 0.227. The molecule has 2 aromatic carbocycles. The molecule has 0 radical (unpaired) electrons. The van der Waals surface area contributed by atoms with Crippen LogP contribution in [0.25, 0.3) is 5.69 Å². The Bertz CT molecular complexity index is 1100. The second-order valence-corrected chi connectivity index (χ2v) is 9.62. The van der Waals surface area contributed by atoms with Gasteiger partial charge in [0.1, 0.15) is 0 Å². The minimum absolute atomic E-state index is 0.0571. The Morgan fingerprint density at radius 3 is 2.13 bits per heavy atom. The van der Waals surface area contributed by atoms with E-state index in [2.05, 4.69) is 5.32 Å². The molecule has 0 atom stereocenters. The van der Waals surface area contributed by atoms with Gasteiger partial charge in [0.2, 0.25) is 10.0 Å². The number of sulfonamides is 1. The molecule has 4 rings (SSSR count). The molecule has 1 aliphatic heterocycles. The zero-order chi connectivity index (χ0) is 21.1. The van der Waals surface area contributed by atoms with Crippen LogP contribution in [-0.4, -0.2) is 42.3 Å². The maximum atomic E-state index is 12.8. The summed E-state index contributed by atoms with van der Waals surface area (Å²) in [5.74, 6) is -0.145. The molecule has 1 fully saturated rings. The number of benzene rings is 2. The van der Waals surface area contributed by atoms with Crippen molar-refractivity contribution in [2.75, 3.05) is 13.1 Å². The maximum Gasteiger partial charge on any atom is 0.251 e. The Kier molecular flexibility index (Phi) is 5.94. The first kappa shape index (κ1) is 20.7. The first-order valence-electron chi connectivity index (χ1n) is 9.73. The minimum atomic E-state index is -3.55. The quantitative estimate of drug-likeness (QED) is 0.653. The van der Waals surface area contributed by atoms with E-state index in [0.29, 0.717) is 36.5 Å². The van der Waals surface area contributed by atoms with E-state index in [1.54, 1.807) is 24.3 Å². The van der Waals surface area contributed by atoms with Crippen LogP contribution in [-0.2, 0) is 10.0 Å². The number of aromatic nitrogens is 1. The van der Waals surface area contributed by atoms with Gasteiger partial charge >= 0.3 is 0 Å². The topological polar surface area (TPSA) is 71.4 Å². The Morgan fingerprint density at radius 1 is 0.933 bits per heavy atom. The van der Waals surface area contributed by atoms with Crippen molar-refractivity contribution in [1.29, 1.82) is 0 Å². The summed E-state index contributed by atoms with van der Waals surface area (Å²) in [4.78, 5) is 12.8. The van der Waals surface area contributed by atoms with E-state index in [0.717, 1.165) is 5.69 Å². The highest BCUT2D eigenvalue weighted by atomic mass is 35.5. The number of halogens is 1. The third-order valence-corrected chi connectivity index (χ3v) is 7.44. The first-order valence-corrected chi connectivity index (χ1v) is 11.6. The molecule has 1 aliphatic rings. The number of hydrogen-bond donors (Lipinski definition) is 1. The summed E-state index contributed by atoms with van der Waals surface area (Å²) in [7, 11) is -3.55. The fourth-order valence-corrected chi connectivity index (χ4v) is 5.15. The largest absolute Gasteiger partial charge is 0.349 e. The second kappa shape index (κ2) is 8.63. The summed E-state index contributed by atoms with van der Waals surface area (Å²) in [6.45, 7) is 0.727. The molecule has 0 spiro atoms. The summed E-state index contributed by atoms with van der Waals surface area (Å²) in [6, 6.07) is 17.4. The van der Waals surface area contributed by atoms with Crippen molar-refractivity contribution < 1.29 is 13.2 Å². The van der Waals surface area contributed by atoms with Gasteiger partial charge in [-0.25, -0.2) is 8.42 Å².